The first-order chi connectivity index (χ1) is 12.5. The first-order valence-corrected chi connectivity index (χ1v) is 7.99. The molecule has 0 saturated heterocycles. The van der Waals surface area contributed by atoms with E-state index in [2.05, 4.69) is 22.7 Å². The van der Waals surface area contributed by atoms with Gasteiger partial charge in [-0.25, -0.2) is 4.79 Å². The second-order valence-electron chi connectivity index (χ2n) is 6.44. The van der Waals surface area contributed by atoms with Gasteiger partial charge < -0.3 is 10.1 Å². The highest BCUT2D eigenvalue weighted by Crippen LogP contribution is 2.17. The summed E-state index contributed by atoms with van der Waals surface area (Å²) in [6.07, 6.45) is 0.673. The van der Waals surface area contributed by atoms with Gasteiger partial charge in [-0.2, -0.15) is 0 Å². The van der Waals surface area contributed by atoms with Crippen molar-refractivity contribution in [1.82, 2.24) is 16.2 Å². The molecule has 0 aliphatic carbocycles. The van der Waals surface area contributed by atoms with Gasteiger partial charge in [0.25, 0.3) is 17.5 Å². The standard InChI is InChI=1S/C17H22N4O6/c1-5-8-12(18-16(24)27-17(2,3)4)15(23)20-19-14(22)11-9-6-7-10-13(11)21(25)26/h5-7,9-10,12H,1,8H2,2-4H3,(H,18,24)(H,19,22)(H,20,23). The fourth-order valence-corrected chi connectivity index (χ4v) is 1.95. The molecule has 1 rings (SSSR count). The van der Waals surface area contributed by atoms with Gasteiger partial charge in [-0.1, -0.05) is 18.2 Å². The number of nitrogens with one attached hydrogen (secondary N) is 3. The summed E-state index contributed by atoms with van der Waals surface area (Å²) in [4.78, 5) is 46.4. The number of nitrogens with zero attached hydrogens (tertiary/aromatic N) is 1. The molecule has 1 unspecified atom stereocenters. The number of nitro benzene ring substituents is 1. The fraction of sp³-hybridized carbons (Fsp3) is 0.353. The maximum absolute atomic E-state index is 12.2. The van der Waals surface area contributed by atoms with Crippen LogP contribution in [0.5, 0.6) is 0 Å². The van der Waals surface area contributed by atoms with Gasteiger partial charge in [0.05, 0.1) is 4.92 Å². The number of para-hydroxylation sites is 1. The Bertz CT molecular complexity index is 741. The van der Waals surface area contributed by atoms with Crippen molar-refractivity contribution in [2.24, 2.45) is 0 Å². The van der Waals surface area contributed by atoms with Crippen LogP contribution in [0.15, 0.2) is 36.9 Å². The van der Waals surface area contributed by atoms with E-state index in [0.717, 1.165) is 0 Å². The monoisotopic (exact) mass is 378 g/mol. The van der Waals surface area contributed by atoms with Gasteiger partial charge in [-0.15, -0.1) is 6.58 Å². The summed E-state index contributed by atoms with van der Waals surface area (Å²) in [6.45, 7) is 8.51. The second-order valence-corrected chi connectivity index (χ2v) is 6.44. The summed E-state index contributed by atoms with van der Waals surface area (Å²) in [6, 6.07) is 4.23. The van der Waals surface area contributed by atoms with Crippen LogP contribution in [0.2, 0.25) is 0 Å². The van der Waals surface area contributed by atoms with Crippen molar-refractivity contribution in [3.05, 3.63) is 52.6 Å². The van der Waals surface area contributed by atoms with Crippen molar-refractivity contribution in [1.29, 1.82) is 0 Å². The highest BCUT2D eigenvalue weighted by atomic mass is 16.6. The average molecular weight is 378 g/mol. The number of benzene rings is 1. The van der Waals surface area contributed by atoms with Gasteiger partial charge in [-0.05, 0) is 33.3 Å². The van der Waals surface area contributed by atoms with E-state index in [1.807, 2.05) is 0 Å². The highest BCUT2D eigenvalue weighted by Gasteiger charge is 2.25. The Morgan fingerprint density at radius 1 is 1.26 bits per heavy atom. The Balaban J connectivity index is 2.74. The van der Waals surface area contributed by atoms with E-state index in [-0.39, 0.29) is 12.0 Å². The summed E-state index contributed by atoms with van der Waals surface area (Å²) in [5, 5.41) is 13.3. The number of nitro groups is 1. The van der Waals surface area contributed by atoms with Crippen LogP contribution < -0.4 is 16.2 Å². The lowest BCUT2D eigenvalue weighted by Gasteiger charge is -2.22. The normalized spacial score (nSPS) is 11.7. The molecule has 0 spiro atoms. The van der Waals surface area contributed by atoms with E-state index in [9.17, 15) is 24.5 Å². The van der Waals surface area contributed by atoms with Crippen LogP contribution in [0, 0.1) is 10.1 Å². The lowest BCUT2D eigenvalue weighted by atomic mass is 10.1. The number of ether oxygens (including phenoxy) is 1. The molecule has 1 aromatic rings. The number of carbonyl (C=O) groups excluding carboxylic acids is 3. The van der Waals surface area contributed by atoms with Crippen molar-refractivity contribution < 1.29 is 24.0 Å². The van der Waals surface area contributed by atoms with Gasteiger partial charge in [0.15, 0.2) is 0 Å². The van der Waals surface area contributed by atoms with E-state index < -0.39 is 40.2 Å². The second kappa shape index (κ2) is 9.32. The number of hydrogen-bond acceptors (Lipinski definition) is 6. The van der Waals surface area contributed by atoms with Crippen LogP contribution in [0.4, 0.5) is 10.5 Å². The molecule has 3 N–H and O–H groups in total. The molecule has 0 saturated carbocycles. The molecule has 0 bridgehead atoms. The third-order valence-corrected chi connectivity index (χ3v) is 3.05. The molecular weight excluding hydrogens is 356 g/mol. The van der Waals surface area contributed by atoms with Crippen molar-refractivity contribution in [2.45, 2.75) is 38.8 Å². The lowest BCUT2D eigenvalue weighted by molar-refractivity contribution is -0.385. The van der Waals surface area contributed by atoms with Gasteiger partial charge in [0, 0.05) is 6.07 Å². The molecule has 0 heterocycles. The molecule has 27 heavy (non-hydrogen) atoms. The summed E-state index contributed by atoms with van der Waals surface area (Å²) in [5.74, 6) is -1.61. The minimum atomic E-state index is -1.05. The summed E-state index contributed by atoms with van der Waals surface area (Å²) in [5.41, 5.74) is 2.83. The van der Waals surface area contributed by atoms with Gasteiger partial charge in [0.2, 0.25) is 0 Å². The number of alkyl carbamates (subject to hydrolysis) is 1. The first-order valence-electron chi connectivity index (χ1n) is 7.99. The molecule has 10 nitrogen and oxygen atoms in total. The third kappa shape index (κ3) is 7.14. The first kappa shape index (κ1) is 21.6. The molecule has 0 aliphatic rings. The average Bonchev–Trinajstić information content (AvgIpc) is 2.57. The van der Waals surface area contributed by atoms with E-state index in [0.29, 0.717) is 0 Å². The molecule has 0 radical (unpaired) electrons. The lowest BCUT2D eigenvalue weighted by Crippen LogP contribution is -2.52. The number of hydrazine groups is 1. The number of hydrogen-bond donors (Lipinski definition) is 3. The molecule has 0 fully saturated rings. The van der Waals surface area contributed by atoms with Gasteiger partial charge in [-0.3, -0.25) is 30.6 Å². The van der Waals surface area contributed by atoms with E-state index in [1.54, 1.807) is 20.8 Å². The molecule has 3 amide bonds. The summed E-state index contributed by atoms with van der Waals surface area (Å²) in [7, 11) is 0. The predicted octanol–water partition coefficient (Wildman–Crippen LogP) is 1.83. The quantitative estimate of drug-likeness (QED) is 0.392. The molecular formula is C17H22N4O6. The Kier molecular flexibility index (Phi) is 7.46. The van der Waals surface area contributed by atoms with Crippen LogP contribution in [0.1, 0.15) is 37.6 Å². The molecule has 0 aromatic heterocycles. The maximum atomic E-state index is 12.2. The number of rotatable bonds is 6. The van der Waals surface area contributed by atoms with Crippen molar-refractivity contribution in [3.63, 3.8) is 0 Å². The Morgan fingerprint density at radius 3 is 2.44 bits per heavy atom. The van der Waals surface area contributed by atoms with Gasteiger partial charge in [0.1, 0.15) is 17.2 Å². The molecule has 10 heteroatoms. The van der Waals surface area contributed by atoms with Crippen LogP contribution in [-0.4, -0.2) is 34.5 Å². The van der Waals surface area contributed by atoms with E-state index >= 15 is 0 Å². The van der Waals surface area contributed by atoms with Crippen LogP contribution in [0.25, 0.3) is 0 Å². The van der Waals surface area contributed by atoms with Crippen LogP contribution >= 0.6 is 0 Å². The van der Waals surface area contributed by atoms with Crippen molar-refractivity contribution in [3.8, 4) is 0 Å². The Labute approximate surface area is 156 Å². The number of carbonyl (C=O) groups is 3. The molecule has 0 aliphatic heterocycles. The zero-order valence-electron chi connectivity index (χ0n) is 15.3. The Hall–Kier alpha value is -3.43. The van der Waals surface area contributed by atoms with Crippen molar-refractivity contribution in [2.75, 3.05) is 0 Å². The van der Waals surface area contributed by atoms with E-state index in [1.165, 1.54) is 30.3 Å². The SMILES string of the molecule is C=CCC(NC(=O)OC(C)(C)C)C(=O)NNC(=O)c1ccccc1[N+](=O)[O-]. The van der Waals surface area contributed by atoms with E-state index in [4.69, 9.17) is 4.74 Å². The fourth-order valence-electron chi connectivity index (χ4n) is 1.95. The molecule has 1 aromatic carbocycles. The largest absolute Gasteiger partial charge is 0.444 e. The minimum absolute atomic E-state index is 0.0758. The third-order valence-electron chi connectivity index (χ3n) is 3.05. The minimum Gasteiger partial charge on any atom is -0.444 e. The van der Waals surface area contributed by atoms with Crippen LogP contribution in [0.3, 0.4) is 0 Å². The molecule has 146 valence electrons. The maximum Gasteiger partial charge on any atom is 0.408 e. The highest BCUT2D eigenvalue weighted by molar-refractivity contribution is 5.99. The van der Waals surface area contributed by atoms with Crippen molar-refractivity contribution >= 4 is 23.6 Å². The summed E-state index contributed by atoms with van der Waals surface area (Å²) >= 11 is 0. The smallest absolute Gasteiger partial charge is 0.408 e. The van der Waals surface area contributed by atoms with Crippen LogP contribution in [-0.2, 0) is 9.53 Å². The molecule has 1 atom stereocenters. The topological polar surface area (TPSA) is 140 Å². The van der Waals surface area contributed by atoms with Gasteiger partial charge >= 0.3 is 6.09 Å². The predicted molar refractivity (Wildman–Crippen MR) is 96.7 cm³/mol. The Morgan fingerprint density at radius 2 is 1.89 bits per heavy atom. The summed E-state index contributed by atoms with van der Waals surface area (Å²) < 4.78 is 5.08. The zero-order chi connectivity index (χ0) is 20.6. The zero-order valence-corrected chi connectivity index (χ0v) is 15.3. The number of amides is 3.